The molecule has 36 heavy (non-hydrogen) atoms. The van der Waals surface area contributed by atoms with Gasteiger partial charge in [-0.15, -0.1) is 0 Å². The van der Waals surface area contributed by atoms with Gasteiger partial charge in [-0.25, -0.2) is 4.39 Å². The van der Waals surface area contributed by atoms with Crippen LogP contribution in [-0.2, 0) is 0 Å². The van der Waals surface area contributed by atoms with Gasteiger partial charge in [0, 0.05) is 6.42 Å². The number of aliphatic hydroxyl groups excluding tert-OH is 2. The molecule has 5 atom stereocenters. The molecule has 6 heteroatoms. The average Bonchev–Trinajstić information content (AvgIpc) is 3.50. The summed E-state index contributed by atoms with van der Waals surface area (Å²) in [5.41, 5.74) is 1.69. The summed E-state index contributed by atoms with van der Waals surface area (Å²) in [5, 5.41) is 19.5. The summed E-state index contributed by atoms with van der Waals surface area (Å²) in [5.74, 6) is 0.338. The van der Waals surface area contributed by atoms with Crippen LogP contribution in [0.15, 0.2) is 59.3 Å². The Morgan fingerprint density at radius 2 is 1.92 bits per heavy atom. The molecule has 0 saturated heterocycles. The molecule has 0 spiro atoms. The molecule has 0 aromatic rings. The number of allylic oxidation sites excluding steroid dienone is 7. The lowest BCUT2D eigenvalue weighted by Crippen LogP contribution is -2.39. The van der Waals surface area contributed by atoms with E-state index in [0.717, 1.165) is 44.1 Å². The minimum Gasteiger partial charge on any atom is -0.395 e. The standard InChI is InChI=1S/C30H40F4O2/c1-4-29(19-35,30(32,33)34)14-6-13-28(15-16-28)26-11-10-24-21(7-5-12-27(24,26)3)8-9-22-17-23(36)18-25(31)20(22)2/h6,8-9,11,14,23-25,35-36H,2,4-5,7,10,12-13,15-19H2,1,3H3/b14-6-,21-8+,22-9-/t23-,24+,25+,27+,29?/m1/s1. The highest BCUT2D eigenvalue weighted by Crippen LogP contribution is 2.67. The zero-order chi connectivity index (χ0) is 26.4. The Morgan fingerprint density at radius 1 is 1.19 bits per heavy atom. The van der Waals surface area contributed by atoms with Crippen LogP contribution < -0.4 is 0 Å². The average molecular weight is 509 g/mol. The molecule has 2 nitrogen and oxygen atoms in total. The van der Waals surface area contributed by atoms with E-state index in [4.69, 9.17) is 0 Å². The second kappa shape index (κ2) is 9.90. The van der Waals surface area contributed by atoms with Crippen molar-refractivity contribution in [2.45, 2.75) is 96.5 Å². The Hall–Kier alpha value is -1.66. The largest absolute Gasteiger partial charge is 0.400 e. The maximum absolute atomic E-state index is 14.2. The van der Waals surface area contributed by atoms with Crippen molar-refractivity contribution in [1.82, 2.24) is 0 Å². The van der Waals surface area contributed by atoms with E-state index in [-0.39, 0.29) is 23.7 Å². The molecule has 3 fully saturated rings. The lowest BCUT2D eigenvalue weighted by Gasteiger charge is -2.43. The highest BCUT2D eigenvalue weighted by molar-refractivity contribution is 5.42. The lowest BCUT2D eigenvalue weighted by atomic mass is 9.61. The van der Waals surface area contributed by atoms with E-state index in [2.05, 4.69) is 25.7 Å². The molecule has 200 valence electrons. The lowest BCUT2D eigenvalue weighted by molar-refractivity contribution is -0.217. The molecule has 0 radical (unpaired) electrons. The van der Waals surface area contributed by atoms with Crippen LogP contribution in [0.4, 0.5) is 17.6 Å². The topological polar surface area (TPSA) is 40.5 Å². The number of fused-ring (bicyclic) bond motifs is 1. The first kappa shape index (κ1) is 27.4. The van der Waals surface area contributed by atoms with Gasteiger partial charge < -0.3 is 10.2 Å². The van der Waals surface area contributed by atoms with E-state index in [9.17, 15) is 27.8 Å². The van der Waals surface area contributed by atoms with E-state index < -0.39 is 30.5 Å². The van der Waals surface area contributed by atoms with Crippen LogP contribution in [-0.4, -0.2) is 35.3 Å². The molecule has 4 aliphatic rings. The summed E-state index contributed by atoms with van der Waals surface area (Å²) >= 11 is 0. The first-order chi connectivity index (χ1) is 16.9. The third kappa shape index (κ3) is 4.80. The van der Waals surface area contributed by atoms with Crippen molar-refractivity contribution in [3.63, 3.8) is 0 Å². The van der Waals surface area contributed by atoms with Crippen molar-refractivity contribution in [2.24, 2.45) is 22.2 Å². The van der Waals surface area contributed by atoms with E-state index in [0.29, 0.717) is 24.3 Å². The van der Waals surface area contributed by atoms with Gasteiger partial charge in [-0.05, 0) is 85.7 Å². The van der Waals surface area contributed by atoms with E-state index in [1.165, 1.54) is 24.1 Å². The Morgan fingerprint density at radius 3 is 2.53 bits per heavy atom. The molecule has 4 rings (SSSR count). The van der Waals surface area contributed by atoms with Crippen molar-refractivity contribution in [3.05, 3.63) is 59.3 Å². The third-order valence-corrected chi connectivity index (χ3v) is 9.62. The summed E-state index contributed by atoms with van der Waals surface area (Å²) < 4.78 is 55.1. The number of aliphatic hydroxyl groups is 2. The van der Waals surface area contributed by atoms with Crippen LogP contribution in [0.1, 0.15) is 78.1 Å². The van der Waals surface area contributed by atoms with E-state index in [1.54, 1.807) is 6.08 Å². The Labute approximate surface area is 212 Å². The smallest absolute Gasteiger partial charge is 0.395 e. The normalized spacial score (nSPS) is 36.3. The molecule has 2 N–H and O–H groups in total. The van der Waals surface area contributed by atoms with E-state index >= 15 is 0 Å². The minimum absolute atomic E-state index is 0.0263. The van der Waals surface area contributed by atoms with Crippen molar-refractivity contribution < 1.29 is 27.8 Å². The fourth-order valence-corrected chi connectivity index (χ4v) is 6.99. The Bertz CT molecular complexity index is 977. The van der Waals surface area contributed by atoms with Crippen LogP contribution in [0.5, 0.6) is 0 Å². The SMILES string of the molecule is C=C1/C(=C\C=C2/CCC[C@]3(C)C(C4(C/C=C\C(CC)(CO)C(F)(F)F)CC4)=CC[C@@H]23)C[C@@H](O)C[C@@H]1F. The van der Waals surface area contributed by atoms with Gasteiger partial charge in [-0.3, -0.25) is 0 Å². The van der Waals surface area contributed by atoms with E-state index in [1.807, 2.05) is 6.08 Å². The van der Waals surface area contributed by atoms with Crippen molar-refractivity contribution in [1.29, 1.82) is 0 Å². The molecule has 0 aromatic carbocycles. The van der Waals surface area contributed by atoms with Gasteiger partial charge in [0.05, 0.1) is 12.7 Å². The summed E-state index contributed by atoms with van der Waals surface area (Å²) in [6, 6.07) is 0. The third-order valence-electron chi connectivity index (χ3n) is 9.62. The number of rotatable bonds is 7. The van der Waals surface area contributed by atoms with Crippen molar-refractivity contribution in [2.75, 3.05) is 6.61 Å². The summed E-state index contributed by atoms with van der Waals surface area (Å²) in [7, 11) is 0. The Kier molecular flexibility index (Phi) is 7.53. The first-order valence-electron chi connectivity index (χ1n) is 13.4. The maximum atomic E-state index is 14.2. The zero-order valence-corrected chi connectivity index (χ0v) is 21.5. The number of alkyl halides is 4. The minimum atomic E-state index is -4.48. The van der Waals surface area contributed by atoms with Gasteiger partial charge in [0.2, 0.25) is 0 Å². The molecular formula is C30H40F4O2. The van der Waals surface area contributed by atoms with Gasteiger partial charge in [0.15, 0.2) is 0 Å². The molecule has 0 aliphatic heterocycles. The van der Waals surface area contributed by atoms with Crippen molar-refractivity contribution >= 4 is 0 Å². The first-order valence-corrected chi connectivity index (χ1v) is 13.4. The highest BCUT2D eigenvalue weighted by atomic mass is 19.4. The number of hydrogen-bond acceptors (Lipinski definition) is 2. The van der Waals surface area contributed by atoms with Gasteiger partial charge in [0.25, 0.3) is 0 Å². The molecule has 0 amide bonds. The fourth-order valence-electron chi connectivity index (χ4n) is 6.99. The van der Waals surface area contributed by atoms with Crippen LogP contribution in [0.25, 0.3) is 0 Å². The fraction of sp³-hybridized carbons (Fsp3) is 0.667. The summed E-state index contributed by atoms with van der Waals surface area (Å²) in [4.78, 5) is 0. The van der Waals surface area contributed by atoms with Gasteiger partial charge >= 0.3 is 6.18 Å². The predicted molar refractivity (Wildman–Crippen MR) is 135 cm³/mol. The van der Waals surface area contributed by atoms with Crippen LogP contribution in [0, 0.1) is 22.2 Å². The van der Waals surface area contributed by atoms with Crippen LogP contribution >= 0.6 is 0 Å². The summed E-state index contributed by atoms with van der Waals surface area (Å²) in [6.45, 7) is 6.73. The molecule has 3 saturated carbocycles. The Balaban J connectivity index is 1.52. The molecule has 4 aliphatic carbocycles. The quantitative estimate of drug-likeness (QED) is 0.273. The van der Waals surface area contributed by atoms with Gasteiger partial charge in [0.1, 0.15) is 11.6 Å². The number of hydrogen-bond donors (Lipinski definition) is 2. The van der Waals surface area contributed by atoms with Gasteiger partial charge in [-0.2, -0.15) is 13.2 Å². The maximum Gasteiger partial charge on any atom is 0.400 e. The highest BCUT2D eigenvalue weighted by Gasteiger charge is 2.57. The monoisotopic (exact) mass is 508 g/mol. The van der Waals surface area contributed by atoms with Crippen LogP contribution in [0.2, 0.25) is 0 Å². The van der Waals surface area contributed by atoms with Crippen molar-refractivity contribution in [3.8, 4) is 0 Å². The molecule has 1 unspecified atom stereocenters. The molecule has 0 heterocycles. The molecule has 0 aromatic heterocycles. The number of halogens is 4. The van der Waals surface area contributed by atoms with Crippen LogP contribution in [0.3, 0.4) is 0 Å². The molecule has 0 bridgehead atoms. The second-order valence-electron chi connectivity index (χ2n) is 11.7. The predicted octanol–water partition coefficient (Wildman–Crippen LogP) is 7.70. The van der Waals surface area contributed by atoms with Gasteiger partial charge in [-0.1, -0.05) is 62.0 Å². The molecular weight excluding hydrogens is 468 g/mol. The second-order valence-corrected chi connectivity index (χ2v) is 11.7. The summed E-state index contributed by atoms with van der Waals surface area (Å²) in [6.07, 6.45) is 9.77. The zero-order valence-electron chi connectivity index (χ0n) is 21.5.